The largest absolute Gasteiger partial charge is 0.496 e. The van der Waals surface area contributed by atoms with E-state index in [1.165, 1.54) is 11.3 Å². The zero-order chi connectivity index (χ0) is 16.8. The summed E-state index contributed by atoms with van der Waals surface area (Å²) < 4.78 is 5.38. The fourth-order valence-electron chi connectivity index (χ4n) is 2.37. The highest BCUT2D eigenvalue weighted by Crippen LogP contribution is 2.23. The molecule has 0 aliphatic carbocycles. The number of carbonyl (C=O) groups excluding carboxylic acids is 1. The van der Waals surface area contributed by atoms with Gasteiger partial charge in [0, 0.05) is 28.9 Å². The van der Waals surface area contributed by atoms with Crippen LogP contribution in [0.2, 0.25) is 0 Å². The van der Waals surface area contributed by atoms with Crippen molar-refractivity contribution in [1.29, 1.82) is 0 Å². The fraction of sp³-hybridized carbons (Fsp3) is 0.438. The van der Waals surface area contributed by atoms with Crippen LogP contribution in [0, 0.1) is 13.8 Å². The maximum Gasteiger partial charge on any atom is 0.315 e. The molecular formula is C16H22N4O2S. The lowest BCUT2D eigenvalue weighted by atomic mass is 10.1. The zero-order valence-corrected chi connectivity index (χ0v) is 14.7. The number of carbonyl (C=O) groups is 1. The number of pyridine rings is 1. The van der Waals surface area contributed by atoms with E-state index in [9.17, 15) is 4.79 Å². The lowest BCUT2D eigenvalue weighted by molar-refractivity contribution is 0.236. The van der Waals surface area contributed by atoms with Gasteiger partial charge in [-0.3, -0.25) is 4.98 Å². The molecule has 0 saturated carbocycles. The number of nitrogens with one attached hydrogen (secondary N) is 2. The van der Waals surface area contributed by atoms with E-state index in [1.54, 1.807) is 19.5 Å². The van der Waals surface area contributed by atoms with Crippen LogP contribution in [0.3, 0.4) is 0 Å². The van der Waals surface area contributed by atoms with E-state index in [4.69, 9.17) is 4.74 Å². The molecule has 0 saturated heterocycles. The third-order valence-electron chi connectivity index (χ3n) is 3.63. The maximum atomic E-state index is 12.1. The van der Waals surface area contributed by atoms with Gasteiger partial charge in [0.05, 0.1) is 25.4 Å². The molecule has 1 unspecified atom stereocenters. The predicted molar refractivity (Wildman–Crippen MR) is 90.8 cm³/mol. The Hall–Kier alpha value is -2.15. The van der Waals surface area contributed by atoms with Gasteiger partial charge < -0.3 is 15.4 Å². The summed E-state index contributed by atoms with van der Waals surface area (Å²) in [6.45, 7) is 6.26. The molecule has 2 aromatic rings. The monoisotopic (exact) mass is 334 g/mol. The number of aromatic nitrogens is 2. The van der Waals surface area contributed by atoms with Crippen molar-refractivity contribution >= 4 is 17.4 Å². The summed E-state index contributed by atoms with van der Waals surface area (Å²) in [5.41, 5.74) is 2.72. The average Bonchev–Trinajstić information content (AvgIpc) is 3.06. The third kappa shape index (κ3) is 4.19. The minimum absolute atomic E-state index is 0.0726. The van der Waals surface area contributed by atoms with E-state index in [0.717, 1.165) is 34.0 Å². The van der Waals surface area contributed by atoms with E-state index in [1.807, 2.05) is 26.2 Å². The van der Waals surface area contributed by atoms with Crippen molar-refractivity contribution in [3.63, 3.8) is 0 Å². The SMILES string of the molecule is CCC(NC(=O)NCc1ncc(C)c(OC)c1C)c1nccs1. The highest BCUT2D eigenvalue weighted by molar-refractivity contribution is 7.09. The van der Waals surface area contributed by atoms with Crippen LogP contribution in [-0.2, 0) is 6.54 Å². The zero-order valence-electron chi connectivity index (χ0n) is 13.8. The van der Waals surface area contributed by atoms with Crippen LogP contribution >= 0.6 is 11.3 Å². The molecule has 2 N–H and O–H groups in total. The number of thiazole rings is 1. The first kappa shape index (κ1) is 17.2. The first-order valence-corrected chi connectivity index (χ1v) is 8.37. The minimum Gasteiger partial charge on any atom is -0.496 e. The summed E-state index contributed by atoms with van der Waals surface area (Å²) in [5, 5.41) is 8.60. The predicted octanol–water partition coefficient (Wildman–Crippen LogP) is 3.11. The van der Waals surface area contributed by atoms with Gasteiger partial charge in [0.1, 0.15) is 10.8 Å². The third-order valence-corrected chi connectivity index (χ3v) is 4.52. The van der Waals surface area contributed by atoms with Crippen molar-refractivity contribution in [2.24, 2.45) is 0 Å². The van der Waals surface area contributed by atoms with Crippen LogP contribution in [0.4, 0.5) is 4.79 Å². The molecular weight excluding hydrogens is 312 g/mol. The van der Waals surface area contributed by atoms with Gasteiger partial charge in [0.15, 0.2) is 0 Å². The second-order valence-electron chi connectivity index (χ2n) is 5.20. The standard InChI is InChI=1S/C16H22N4O2S/c1-5-12(15-17-6-7-23-15)20-16(21)19-9-13-11(3)14(22-4)10(2)8-18-13/h6-8,12H,5,9H2,1-4H3,(H2,19,20,21). The molecule has 0 aliphatic rings. The topological polar surface area (TPSA) is 76.1 Å². The lowest BCUT2D eigenvalue weighted by Gasteiger charge is -2.16. The van der Waals surface area contributed by atoms with Crippen LogP contribution in [0.25, 0.3) is 0 Å². The van der Waals surface area contributed by atoms with Crippen molar-refractivity contribution < 1.29 is 9.53 Å². The smallest absolute Gasteiger partial charge is 0.315 e. The van der Waals surface area contributed by atoms with Gasteiger partial charge >= 0.3 is 6.03 Å². The van der Waals surface area contributed by atoms with Gasteiger partial charge in [-0.2, -0.15) is 0 Å². The Morgan fingerprint density at radius 3 is 2.78 bits per heavy atom. The molecule has 2 heterocycles. The van der Waals surface area contributed by atoms with Crippen LogP contribution < -0.4 is 15.4 Å². The van der Waals surface area contributed by atoms with Crippen molar-refractivity contribution in [3.8, 4) is 5.75 Å². The number of nitrogens with zero attached hydrogens (tertiary/aromatic N) is 2. The van der Waals surface area contributed by atoms with Crippen LogP contribution in [-0.4, -0.2) is 23.1 Å². The Kier molecular flexibility index (Phi) is 5.92. The van der Waals surface area contributed by atoms with Crippen molar-refractivity contribution in [2.45, 2.75) is 39.8 Å². The van der Waals surface area contributed by atoms with Crippen molar-refractivity contribution in [1.82, 2.24) is 20.6 Å². The second-order valence-corrected chi connectivity index (χ2v) is 6.13. The highest BCUT2D eigenvalue weighted by atomic mass is 32.1. The van der Waals surface area contributed by atoms with Gasteiger partial charge in [-0.25, -0.2) is 9.78 Å². The Morgan fingerprint density at radius 2 is 2.17 bits per heavy atom. The Balaban J connectivity index is 1.97. The lowest BCUT2D eigenvalue weighted by Crippen LogP contribution is -2.37. The second kappa shape index (κ2) is 7.92. The summed E-state index contributed by atoms with van der Waals surface area (Å²) in [7, 11) is 1.64. The summed E-state index contributed by atoms with van der Waals surface area (Å²) in [6, 6.07) is -0.301. The first-order chi connectivity index (χ1) is 11.1. The number of ether oxygens (including phenoxy) is 1. The van der Waals surface area contributed by atoms with Gasteiger partial charge in [-0.1, -0.05) is 6.92 Å². The molecule has 2 rings (SSSR count). The molecule has 6 nitrogen and oxygen atoms in total. The summed E-state index contributed by atoms with van der Waals surface area (Å²) >= 11 is 1.54. The van der Waals surface area contributed by atoms with E-state index in [0.29, 0.717) is 6.54 Å². The molecule has 124 valence electrons. The van der Waals surface area contributed by atoms with E-state index in [-0.39, 0.29) is 12.1 Å². The molecule has 0 bridgehead atoms. The van der Waals surface area contributed by atoms with Crippen LogP contribution in [0.15, 0.2) is 17.8 Å². The fourth-order valence-corrected chi connectivity index (χ4v) is 3.14. The van der Waals surface area contributed by atoms with E-state index >= 15 is 0 Å². The maximum absolute atomic E-state index is 12.1. The van der Waals surface area contributed by atoms with Crippen LogP contribution in [0.5, 0.6) is 5.75 Å². The molecule has 0 aliphatic heterocycles. The molecule has 0 fully saturated rings. The van der Waals surface area contributed by atoms with Crippen molar-refractivity contribution in [3.05, 3.63) is 39.6 Å². The Morgan fingerprint density at radius 1 is 1.39 bits per heavy atom. The van der Waals surface area contributed by atoms with Gasteiger partial charge in [0.25, 0.3) is 0 Å². The summed E-state index contributed by atoms with van der Waals surface area (Å²) in [6.07, 6.45) is 4.29. The molecule has 7 heteroatoms. The Labute approximate surface area is 140 Å². The molecule has 0 spiro atoms. The number of amides is 2. The number of rotatable bonds is 6. The van der Waals surface area contributed by atoms with Crippen LogP contribution in [0.1, 0.15) is 41.2 Å². The number of hydrogen-bond acceptors (Lipinski definition) is 5. The molecule has 0 radical (unpaired) electrons. The van der Waals surface area contributed by atoms with Gasteiger partial charge in [-0.05, 0) is 20.3 Å². The number of hydrogen-bond donors (Lipinski definition) is 2. The van der Waals surface area contributed by atoms with E-state index < -0.39 is 0 Å². The highest BCUT2D eigenvalue weighted by Gasteiger charge is 2.15. The summed E-state index contributed by atoms with van der Waals surface area (Å²) in [5.74, 6) is 0.812. The normalized spacial score (nSPS) is 11.8. The first-order valence-electron chi connectivity index (χ1n) is 7.49. The molecule has 2 aromatic heterocycles. The van der Waals surface area contributed by atoms with Gasteiger partial charge in [-0.15, -0.1) is 11.3 Å². The number of methoxy groups -OCH3 is 1. The average molecular weight is 334 g/mol. The Bertz CT molecular complexity index is 658. The number of urea groups is 1. The molecule has 2 amide bonds. The van der Waals surface area contributed by atoms with E-state index in [2.05, 4.69) is 20.6 Å². The molecule has 1 atom stereocenters. The molecule has 0 aromatic carbocycles. The molecule has 23 heavy (non-hydrogen) atoms. The minimum atomic E-state index is -0.229. The summed E-state index contributed by atoms with van der Waals surface area (Å²) in [4.78, 5) is 20.7. The van der Waals surface area contributed by atoms with Gasteiger partial charge in [0.2, 0.25) is 0 Å². The quantitative estimate of drug-likeness (QED) is 0.851. The van der Waals surface area contributed by atoms with Crippen molar-refractivity contribution in [2.75, 3.05) is 7.11 Å². The number of aryl methyl sites for hydroxylation is 1.